The Hall–Kier alpha value is 0.590. The molecule has 0 saturated carbocycles. The molecule has 0 aromatic heterocycles. The Morgan fingerprint density at radius 1 is 1.70 bits per heavy atom. The number of hydrogen-bond donors (Lipinski definition) is 0. The van der Waals surface area contributed by atoms with Gasteiger partial charge in [-0.3, -0.25) is 4.79 Å². The summed E-state index contributed by atoms with van der Waals surface area (Å²) in [5.74, 6) is -3.95. The number of alkyl halides is 4. The lowest BCUT2D eigenvalue weighted by molar-refractivity contribution is -0.133. The Morgan fingerprint density at radius 3 is 2.20 bits per heavy atom. The van der Waals surface area contributed by atoms with Crippen LogP contribution in [0.4, 0.5) is 8.78 Å². The molecule has 0 radical (unpaired) electrons. The highest BCUT2D eigenvalue weighted by Crippen LogP contribution is 2.28. The van der Waals surface area contributed by atoms with Gasteiger partial charge in [0.25, 0.3) is 5.24 Å². The van der Waals surface area contributed by atoms with Gasteiger partial charge in [-0.25, -0.2) is 0 Å². The lowest BCUT2D eigenvalue weighted by Crippen LogP contribution is -2.36. The maximum absolute atomic E-state index is 12.3. The molecule has 6 heteroatoms. The summed E-state index contributed by atoms with van der Waals surface area (Å²) in [7, 11) is 0. The van der Waals surface area contributed by atoms with E-state index in [9.17, 15) is 13.6 Å². The zero-order valence-electron chi connectivity index (χ0n) is 4.58. The fourth-order valence-corrected chi connectivity index (χ4v) is 0.885. The molecule has 0 fully saturated rings. The predicted octanol–water partition coefficient (Wildman–Crippen LogP) is 2.39. The summed E-state index contributed by atoms with van der Waals surface area (Å²) >= 11 is 12.1. The molecule has 0 amide bonds. The van der Waals surface area contributed by atoms with E-state index in [4.69, 9.17) is 11.6 Å². The van der Waals surface area contributed by atoms with Crippen LogP contribution in [0.5, 0.6) is 0 Å². The van der Waals surface area contributed by atoms with E-state index in [1.165, 1.54) is 0 Å². The van der Waals surface area contributed by atoms with Crippen LogP contribution in [-0.2, 0) is 4.79 Å². The van der Waals surface area contributed by atoms with Crippen LogP contribution in [0, 0.1) is 0 Å². The highest BCUT2D eigenvalue weighted by molar-refractivity contribution is 9.09. The van der Waals surface area contributed by atoms with Gasteiger partial charge in [0.1, 0.15) is 4.83 Å². The van der Waals surface area contributed by atoms with E-state index in [1.807, 2.05) is 0 Å². The van der Waals surface area contributed by atoms with Crippen LogP contribution in [0.3, 0.4) is 0 Å². The van der Waals surface area contributed by atoms with Gasteiger partial charge in [-0.05, 0) is 11.6 Å². The largest absolute Gasteiger partial charge is 0.333 e. The molecule has 0 aromatic carbocycles. The standard InChI is InChI=1S/C4H3BrCl2F2O/c5-2(1-6)4(8,9)3(7)10/h2H,1H2. The van der Waals surface area contributed by atoms with Crippen molar-refractivity contribution >= 4 is 44.4 Å². The third kappa shape index (κ3) is 2.32. The molecule has 0 aliphatic heterocycles. The average Bonchev–Trinajstić information content (AvgIpc) is 1.86. The van der Waals surface area contributed by atoms with E-state index in [0.29, 0.717) is 0 Å². The van der Waals surface area contributed by atoms with E-state index in [2.05, 4.69) is 27.5 Å². The van der Waals surface area contributed by atoms with Gasteiger partial charge in [0.2, 0.25) is 0 Å². The van der Waals surface area contributed by atoms with Crippen LogP contribution in [0.1, 0.15) is 0 Å². The van der Waals surface area contributed by atoms with Gasteiger partial charge in [-0.1, -0.05) is 15.9 Å². The topological polar surface area (TPSA) is 17.1 Å². The molecule has 0 aliphatic carbocycles. The Kier molecular flexibility index (Phi) is 4.06. The van der Waals surface area contributed by atoms with Crippen molar-refractivity contribution < 1.29 is 13.6 Å². The number of carbonyl (C=O) groups is 1. The van der Waals surface area contributed by atoms with Crippen LogP contribution in [0.2, 0.25) is 0 Å². The minimum Gasteiger partial charge on any atom is -0.274 e. The Labute approximate surface area is 74.8 Å². The molecular formula is C4H3BrCl2F2O. The summed E-state index contributed by atoms with van der Waals surface area (Å²) in [6, 6.07) is 0. The zero-order chi connectivity index (χ0) is 8.36. The van der Waals surface area contributed by atoms with Gasteiger partial charge in [0.15, 0.2) is 0 Å². The van der Waals surface area contributed by atoms with Gasteiger partial charge in [-0.15, -0.1) is 11.6 Å². The molecule has 1 nitrogen and oxygen atoms in total. The summed E-state index contributed by atoms with van der Waals surface area (Å²) in [5.41, 5.74) is 0. The van der Waals surface area contributed by atoms with Crippen molar-refractivity contribution in [2.75, 3.05) is 5.88 Å². The van der Waals surface area contributed by atoms with E-state index in [0.717, 1.165) is 0 Å². The first-order valence-electron chi connectivity index (χ1n) is 2.20. The molecule has 60 valence electrons. The Bertz CT molecular complexity index is 141. The molecule has 0 heterocycles. The van der Waals surface area contributed by atoms with Crippen molar-refractivity contribution in [3.63, 3.8) is 0 Å². The molecule has 0 aromatic rings. The van der Waals surface area contributed by atoms with Crippen LogP contribution in [-0.4, -0.2) is 21.9 Å². The molecule has 0 aliphatic rings. The fourth-order valence-electron chi connectivity index (χ4n) is 0.220. The van der Waals surface area contributed by atoms with Crippen molar-refractivity contribution in [1.29, 1.82) is 0 Å². The number of carbonyl (C=O) groups excluding carboxylic acids is 1. The van der Waals surface area contributed by atoms with E-state index < -0.39 is 16.0 Å². The second-order valence-electron chi connectivity index (χ2n) is 1.52. The summed E-state index contributed by atoms with van der Waals surface area (Å²) < 4.78 is 24.7. The summed E-state index contributed by atoms with van der Waals surface area (Å²) in [6.07, 6.45) is 0. The normalized spacial score (nSPS) is 14.9. The monoisotopic (exact) mass is 254 g/mol. The van der Waals surface area contributed by atoms with Crippen molar-refractivity contribution in [3.05, 3.63) is 0 Å². The first-order chi connectivity index (χ1) is 4.42. The fraction of sp³-hybridized carbons (Fsp3) is 0.750. The van der Waals surface area contributed by atoms with Gasteiger partial charge < -0.3 is 0 Å². The second-order valence-corrected chi connectivity index (χ2v) is 3.28. The lowest BCUT2D eigenvalue weighted by Gasteiger charge is -2.14. The zero-order valence-corrected chi connectivity index (χ0v) is 7.68. The van der Waals surface area contributed by atoms with Gasteiger partial charge in [-0.2, -0.15) is 8.78 Å². The maximum atomic E-state index is 12.3. The smallest absolute Gasteiger partial charge is 0.274 e. The third-order valence-corrected chi connectivity index (χ3v) is 2.62. The van der Waals surface area contributed by atoms with E-state index in [-0.39, 0.29) is 5.88 Å². The van der Waals surface area contributed by atoms with Crippen LogP contribution < -0.4 is 0 Å². The molecule has 1 unspecified atom stereocenters. The van der Waals surface area contributed by atoms with Crippen LogP contribution >= 0.6 is 39.1 Å². The number of hydrogen-bond acceptors (Lipinski definition) is 1. The predicted molar refractivity (Wildman–Crippen MR) is 39.2 cm³/mol. The molecule has 1 atom stereocenters. The molecule has 0 N–H and O–H groups in total. The molecular weight excluding hydrogens is 253 g/mol. The summed E-state index contributed by atoms with van der Waals surface area (Å²) in [6.45, 7) is 0. The Morgan fingerprint density at radius 2 is 2.10 bits per heavy atom. The quantitative estimate of drug-likeness (QED) is 0.559. The molecule has 0 saturated heterocycles. The summed E-state index contributed by atoms with van der Waals surface area (Å²) in [5, 5.41) is -1.70. The van der Waals surface area contributed by atoms with E-state index >= 15 is 0 Å². The van der Waals surface area contributed by atoms with Crippen LogP contribution in [0.25, 0.3) is 0 Å². The first kappa shape index (κ1) is 10.6. The van der Waals surface area contributed by atoms with Gasteiger partial charge >= 0.3 is 5.92 Å². The first-order valence-corrected chi connectivity index (χ1v) is 4.03. The minimum absolute atomic E-state index is 0.370. The maximum Gasteiger partial charge on any atom is 0.333 e. The highest BCUT2D eigenvalue weighted by Gasteiger charge is 2.44. The van der Waals surface area contributed by atoms with E-state index in [1.54, 1.807) is 0 Å². The van der Waals surface area contributed by atoms with Crippen LogP contribution in [0.15, 0.2) is 0 Å². The van der Waals surface area contributed by atoms with Crippen molar-refractivity contribution in [3.8, 4) is 0 Å². The molecule has 0 rings (SSSR count). The molecule has 0 spiro atoms. The lowest BCUT2D eigenvalue weighted by atomic mass is 10.3. The van der Waals surface area contributed by atoms with Crippen molar-refractivity contribution in [1.82, 2.24) is 0 Å². The Balaban J connectivity index is 4.23. The summed E-state index contributed by atoms with van der Waals surface area (Å²) in [4.78, 5) is 8.60. The molecule has 0 bridgehead atoms. The second kappa shape index (κ2) is 3.83. The highest BCUT2D eigenvalue weighted by atomic mass is 79.9. The third-order valence-electron chi connectivity index (χ3n) is 0.791. The van der Waals surface area contributed by atoms with Gasteiger partial charge in [0, 0.05) is 5.88 Å². The van der Waals surface area contributed by atoms with Gasteiger partial charge in [0.05, 0.1) is 0 Å². The minimum atomic E-state index is -3.58. The van der Waals surface area contributed by atoms with Crippen molar-refractivity contribution in [2.45, 2.75) is 10.7 Å². The number of rotatable bonds is 3. The SMILES string of the molecule is O=C(Cl)C(F)(F)C(Br)CCl. The van der Waals surface area contributed by atoms with Crippen molar-refractivity contribution in [2.24, 2.45) is 0 Å². The average molecular weight is 256 g/mol. The number of halogens is 5. The molecule has 10 heavy (non-hydrogen) atoms.